The van der Waals surface area contributed by atoms with E-state index in [0.29, 0.717) is 0 Å². The molecule has 4 heteroatoms. The van der Waals surface area contributed by atoms with Crippen molar-refractivity contribution in [2.45, 2.75) is 33.1 Å². The molecular weight excluding hydrogens is 334 g/mol. The summed E-state index contributed by atoms with van der Waals surface area (Å²) in [5.41, 5.74) is 5.86. The van der Waals surface area contributed by atoms with E-state index >= 15 is 0 Å². The van der Waals surface area contributed by atoms with Crippen molar-refractivity contribution in [2.75, 3.05) is 44.4 Å². The van der Waals surface area contributed by atoms with Gasteiger partial charge in [0, 0.05) is 30.7 Å². The molecule has 0 aromatic heterocycles. The van der Waals surface area contributed by atoms with Crippen molar-refractivity contribution in [3.63, 3.8) is 0 Å². The Bertz CT molecular complexity index is 759. The first-order valence-electron chi connectivity index (χ1n) is 10.1. The zero-order valence-electron chi connectivity index (χ0n) is 17.1. The molecule has 27 heavy (non-hydrogen) atoms. The number of ether oxygens (including phenoxy) is 1. The number of aryl methyl sites for hydroxylation is 2. The average Bonchev–Trinajstić information content (AvgIpc) is 3.14. The zero-order valence-corrected chi connectivity index (χ0v) is 17.1. The number of likely N-dealkylation sites (tertiary alicyclic amines) is 1. The summed E-state index contributed by atoms with van der Waals surface area (Å²) in [6.07, 6.45) is 3.62. The molecular formula is C23H33N3O. The van der Waals surface area contributed by atoms with E-state index in [-0.39, 0.29) is 0 Å². The largest absolute Gasteiger partial charge is 0.496 e. The zero-order chi connectivity index (χ0) is 19.2. The third kappa shape index (κ3) is 5.16. The van der Waals surface area contributed by atoms with Crippen LogP contribution in [-0.4, -0.2) is 38.7 Å². The molecule has 2 aromatic carbocycles. The van der Waals surface area contributed by atoms with Crippen LogP contribution in [0, 0.1) is 12.8 Å². The Balaban J connectivity index is 1.70. The van der Waals surface area contributed by atoms with Gasteiger partial charge in [-0.15, -0.1) is 0 Å². The highest BCUT2D eigenvalue weighted by Crippen LogP contribution is 2.29. The molecule has 1 aliphatic rings. The van der Waals surface area contributed by atoms with Crippen LogP contribution in [0.1, 0.15) is 30.9 Å². The van der Waals surface area contributed by atoms with E-state index in [0.717, 1.165) is 35.2 Å². The van der Waals surface area contributed by atoms with Gasteiger partial charge in [0.05, 0.1) is 7.11 Å². The lowest BCUT2D eigenvalue weighted by atomic mass is 9.98. The summed E-state index contributed by atoms with van der Waals surface area (Å²) < 4.78 is 5.62. The molecule has 0 radical (unpaired) electrons. The van der Waals surface area contributed by atoms with Crippen molar-refractivity contribution in [1.82, 2.24) is 4.90 Å². The Morgan fingerprint density at radius 1 is 1.11 bits per heavy atom. The van der Waals surface area contributed by atoms with Crippen molar-refractivity contribution in [3.05, 3.63) is 47.5 Å². The van der Waals surface area contributed by atoms with Crippen LogP contribution in [0.3, 0.4) is 0 Å². The van der Waals surface area contributed by atoms with Gasteiger partial charge in [-0.2, -0.15) is 0 Å². The Morgan fingerprint density at radius 3 is 2.63 bits per heavy atom. The maximum Gasteiger partial charge on any atom is 0.122 e. The second-order valence-electron chi connectivity index (χ2n) is 7.58. The minimum atomic E-state index is 0.807. The fourth-order valence-electron chi connectivity index (χ4n) is 4.01. The van der Waals surface area contributed by atoms with E-state index < -0.39 is 0 Å². The number of hydrogen-bond acceptors (Lipinski definition) is 4. The number of anilines is 3. The standard InChI is InChI=1S/C23H33N3O/c1-5-26-11-10-18(16-26)6-7-19-14-20(8-9-23(19)27-4)25-22-13-17(2)12-21(15-22)24-3/h8-9,12-15,18,24-25H,5-7,10-11,16H2,1-4H3. The van der Waals surface area contributed by atoms with Gasteiger partial charge < -0.3 is 20.3 Å². The lowest BCUT2D eigenvalue weighted by Gasteiger charge is -2.16. The van der Waals surface area contributed by atoms with Crippen LogP contribution in [0.25, 0.3) is 0 Å². The van der Waals surface area contributed by atoms with Gasteiger partial charge in [-0.3, -0.25) is 0 Å². The van der Waals surface area contributed by atoms with Gasteiger partial charge in [0.15, 0.2) is 0 Å². The van der Waals surface area contributed by atoms with Crippen LogP contribution in [0.2, 0.25) is 0 Å². The molecule has 3 rings (SSSR count). The van der Waals surface area contributed by atoms with Crippen LogP contribution in [0.5, 0.6) is 5.75 Å². The second-order valence-corrected chi connectivity index (χ2v) is 7.58. The second kappa shape index (κ2) is 9.14. The first kappa shape index (κ1) is 19.6. The van der Waals surface area contributed by atoms with Gasteiger partial charge in [0.25, 0.3) is 0 Å². The molecule has 1 heterocycles. The molecule has 0 bridgehead atoms. The summed E-state index contributed by atoms with van der Waals surface area (Å²) >= 11 is 0. The van der Waals surface area contributed by atoms with E-state index in [1.54, 1.807) is 7.11 Å². The van der Waals surface area contributed by atoms with Gasteiger partial charge in [-0.1, -0.05) is 6.92 Å². The van der Waals surface area contributed by atoms with Crippen LogP contribution < -0.4 is 15.4 Å². The quantitative estimate of drug-likeness (QED) is 0.683. The molecule has 2 aromatic rings. The average molecular weight is 368 g/mol. The monoisotopic (exact) mass is 367 g/mol. The fraction of sp³-hybridized carbons (Fsp3) is 0.478. The van der Waals surface area contributed by atoms with Crippen molar-refractivity contribution in [1.29, 1.82) is 0 Å². The predicted octanol–water partition coefficient (Wildman–Crippen LogP) is 5.06. The highest BCUT2D eigenvalue weighted by atomic mass is 16.5. The summed E-state index contributed by atoms with van der Waals surface area (Å²) in [5.74, 6) is 1.80. The Hall–Kier alpha value is -2.20. The summed E-state index contributed by atoms with van der Waals surface area (Å²) in [6, 6.07) is 12.9. The van der Waals surface area contributed by atoms with Crippen molar-refractivity contribution < 1.29 is 4.74 Å². The SMILES string of the molecule is CCN1CCC(CCc2cc(Nc3cc(C)cc(NC)c3)ccc2OC)C1. The molecule has 1 unspecified atom stereocenters. The molecule has 0 saturated carbocycles. The molecule has 1 fully saturated rings. The Labute approximate surface area is 163 Å². The Morgan fingerprint density at radius 2 is 1.93 bits per heavy atom. The van der Waals surface area contributed by atoms with Gasteiger partial charge in [-0.25, -0.2) is 0 Å². The van der Waals surface area contributed by atoms with Gasteiger partial charge in [0.2, 0.25) is 0 Å². The van der Waals surface area contributed by atoms with E-state index in [4.69, 9.17) is 4.74 Å². The molecule has 4 nitrogen and oxygen atoms in total. The molecule has 0 aliphatic carbocycles. The molecule has 2 N–H and O–H groups in total. The van der Waals surface area contributed by atoms with E-state index in [9.17, 15) is 0 Å². The maximum absolute atomic E-state index is 5.62. The minimum Gasteiger partial charge on any atom is -0.496 e. The summed E-state index contributed by atoms with van der Waals surface area (Å²) in [4.78, 5) is 2.55. The molecule has 146 valence electrons. The van der Waals surface area contributed by atoms with E-state index in [2.05, 4.69) is 65.8 Å². The first-order chi connectivity index (χ1) is 13.1. The fourth-order valence-corrected chi connectivity index (χ4v) is 4.01. The number of nitrogens with zero attached hydrogens (tertiary/aromatic N) is 1. The van der Waals surface area contributed by atoms with Crippen molar-refractivity contribution in [3.8, 4) is 5.75 Å². The number of benzene rings is 2. The van der Waals surface area contributed by atoms with Crippen molar-refractivity contribution in [2.24, 2.45) is 5.92 Å². The number of methoxy groups -OCH3 is 1. The third-order valence-electron chi connectivity index (χ3n) is 5.57. The number of rotatable bonds is 8. The van der Waals surface area contributed by atoms with Crippen LogP contribution >= 0.6 is 0 Å². The molecule has 1 aliphatic heterocycles. The summed E-state index contributed by atoms with van der Waals surface area (Å²) in [6.45, 7) is 8.04. The lowest BCUT2D eigenvalue weighted by Crippen LogP contribution is -2.19. The van der Waals surface area contributed by atoms with Gasteiger partial charge in [-0.05, 0) is 92.7 Å². The highest BCUT2D eigenvalue weighted by Gasteiger charge is 2.21. The van der Waals surface area contributed by atoms with E-state index in [1.807, 2.05) is 7.05 Å². The minimum absolute atomic E-state index is 0.807. The maximum atomic E-state index is 5.62. The molecule has 1 atom stereocenters. The van der Waals surface area contributed by atoms with Crippen LogP contribution in [-0.2, 0) is 6.42 Å². The molecule has 0 spiro atoms. The summed E-state index contributed by atoms with van der Waals surface area (Å²) in [7, 11) is 3.72. The Kier molecular flexibility index (Phi) is 6.62. The third-order valence-corrected chi connectivity index (χ3v) is 5.57. The lowest BCUT2D eigenvalue weighted by molar-refractivity contribution is 0.337. The highest BCUT2D eigenvalue weighted by molar-refractivity contribution is 5.67. The van der Waals surface area contributed by atoms with Crippen LogP contribution in [0.15, 0.2) is 36.4 Å². The van der Waals surface area contributed by atoms with Crippen LogP contribution in [0.4, 0.5) is 17.1 Å². The van der Waals surface area contributed by atoms with Gasteiger partial charge >= 0.3 is 0 Å². The molecule has 1 saturated heterocycles. The van der Waals surface area contributed by atoms with Crippen molar-refractivity contribution >= 4 is 17.1 Å². The first-order valence-corrected chi connectivity index (χ1v) is 10.1. The van der Waals surface area contributed by atoms with Gasteiger partial charge in [0.1, 0.15) is 5.75 Å². The number of nitrogens with one attached hydrogen (secondary N) is 2. The smallest absolute Gasteiger partial charge is 0.122 e. The normalized spacial score (nSPS) is 17.1. The molecule has 0 amide bonds. The number of hydrogen-bond donors (Lipinski definition) is 2. The topological polar surface area (TPSA) is 36.5 Å². The predicted molar refractivity (Wildman–Crippen MR) is 116 cm³/mol. The summed E-state index contributed by atoms with van der Waals surface area (Å²) in [5, 5.41) is 6.77. The van der Waals surface area contributed by atoms with E-state index in [1.165, 1.54) is 43.6 Å².